The van der Waals surface area contributed by atoms with Crippen LogP contribution in [0, 0.1) is 0 Å². The molecule has 2 N–H and O–H groups in total. The maximum Gasteiger partial charge on any atom is 0.338 e. The Kier molecular flexibility index (Phi) is 6.37. The summed E-state index contributed by atoms with van der Waals surface area (Å²) >= 11 is 0. The first kappa shape index (κ1) is 21.1. The number of esters is 1. The van der Waals surface area contributed by atoms with Gasteiger partial charge in [0, 0.05) is 25.3 Å². The molecule has 0 spiro atoms. The van der Waals surface area contributed by atoms with Crippen molar-refractivity contribution in [1.82, 2.24) is 15.5 Å². The molecule has 0 saturated carbocycles. The van der Waals surface area contributed by atoms with E-state index in [1.165, 1.54) is 16.7 Å². The Morgan fingerprint density at radius 3 is 2.55 bits per heavy atom. The van der Waals surface area contributed by atoms with Gasteiger partial charge in [-0.3, -0.25) is 4.90 Å². The van der Waals surface area contributed by atoms with Gasteiger partial charge in [0.05, 0.1) is 18.2 Å². The molecule has 6 nitrogen and oxygen atoms in total. The molecule has 4 rings (SSSR count). The van der Waals surface area contributed by atoms with Crippen LogP contribution in [0.3, 0.4) is 0 Å². The van der Waals surface area contributed by atoms with E-state index >= 15 is 0 Å². The quantitative estimate of drug-likeness (QED) is 0.704. The molecule has 0 aliphatic carbocycles. The van der Waals surface area contributed by atoms with Crippen LogP contribution in [0.25, 0.3) is 0 Å². The lowest BCUT2D eigenvalue weighted by Crippen LogP contribution is -2.49. The number of rotatable bonds is 6. The average molecular weight is 420 g/mol. The maximum atomic E-state index is 13.0. The van der Waals surface area contributed by atoms with Crippen LogP contribution in [-0.2, 0) is 28.9 Å². The van der Waals surface area contributed by atoms with Crippen LogP contribution in [-0.4, -0.2) is 36.6 Å². The predicted molar refractivity (Wildman–Crippen MR) is 119 cm³/mol. The number of hydrogen-bond acceptors (Lipinski definition) is 4. The number of amides is 2. The number of nitrogens with one attached hydrogen (secondary N) is 2. The maximum absolute atomic E-state index is 13.0. The van der Waals surface area contributed by atoms with Gasteiger partial charge < -0.3 is 15.4 Å². The van der Waals surface area contributed by atoms with E-state index in [0.717, 1.165) is 31.5 Å². The zero-order valence-electron chi connectivity index (χ0n) is 18.1. The van der Waals surface area contributed by atoms with Crippen LogP contribution in [0.4, 0.5) is 4.79 Å². The summed E-state index contributed by atoms with van der Waals surface area (Å²) < 4.78 is 5.38. The van der Waals surface area contributed by atoms with E-state index < -0.39 is 12.0 Å². The molecule has 0 saturated heterocycles. The van der Waals surface area contributed by atoms with Gasteiger partial charge in [0.1, 0.15) is 0 Å². The van der Waals surface area contributed by atoms with Crippen molar-refractivity contribution in [3.63, 3.8) is 0 Å². The van der Waals surface area contributed by atoms with Gasteiger partial charge in [0.25, 0.3) is 0 Å². The second-order valence-electron chi connectivity index (χ2n) is 7.97. The lowest BCUT2D eigenvalue weighted by Gasteiger charge is -2.34. The number of nitrogens with zero attached hydrogens (tertiary/aromatic N) is 1. The molecule has 0 fully saturated rings. The van der Waals surface area contributed by atoms with Gasteiger partial charge >= 0.3 is 12.0 Å². The van der Waals surface area contributed by atoms with E-state index in [-0.39, 0.29) is 12.6 Å². The minimum atomic E-state index is -0.536. The highest BCUT2D eigenvalue weighted by molar-refractivity contribution is 5.95. The lowest BCUT2D eigenvalue weighted by atomic mass is 9.93. The highest BCUT2D eigenvalue weighted by atomic mass is 16.5. The van der Waals surface area contributed by atoms with Crippen molar-refractivity contribution in [3.8, 4) is 0 Å². The molecular formula is C25H29N3O3. The molecule has 0 aromatic heterocycles. The van der Waals surface area contributed by atoms with E-state index in [2.05, 4.69) is 40.7 Å². The summed E-state index contributed by atoms with van der Waals surface area (Å²) in [6.07, 6.45) is 1.88. The van der Waals surface area contributed by atoms with E-state index in [0.29, 0.717) is 17.8 Å². The Morgan fingerprint density at radius 2 is 1.84 bits per heavy atom. The standard InChI is InChI=1S/C25H29N3O3/c1-3-17-9-11-19(12-10-17)23-22(24(29)31-4-2)21(26-25(30)27-23)16-28-14-13-18-7-5-6-8-20(18)15-28/h5-12,23H,3-4,13-16H2,1-2H3,(H2,26,27,30)/t23-/m0/s1. The Morgan fingerprint density at radius 1 is 1.10 bits per heavy atom. The fraction of sp³-hybridized carbons (Fsp3) is 0.360. The summed E-state index contributed by atoms with van der Waals surface area (Å²) in [7, 11) is 0. The van der Waals surface area contributed by atoms with Crippen molar-refractivity contribution in [2.45, 2.75) is 39.3 Å². The summed E-state index contributed by atoms with van der Waals surface area (Å²) in [5.74, 6) is -0.396. The van der Waals surface area contributed by atoms with E-state index in [1.807, 2.05) is 30.3 Å². The van der Waals surface area contributed by atoms with E-state index in [1.54, 1.807) is 6.92 Å². The van der Waals surface area contributed by atoms with Gasteiger partial charge in [-0.15, -0.1) is 0 Å². The SMILES string of the molecule is CCOC(=O)C1=C(CN2CCc3ccccc3C2)NC(=O)N[C@H]1c1ccc(CC)cc1. The van der Waals surface area contributed by atoms with Gasteiger partial charge in [-0.1, -0.05) is 55.5 Å². The predicted octanol–water partition coefficient (Wildman–Crippen LogP) is 3.48. The molecule has 2 aromatic carbocycles. The highest BCUT2D eigenvalue weighted by Crippen LogP contribution is 2.29. The van der Waals surface area contributed by atoms with Crippen LogP contribution in [0.1, 0.15) is 42.1 Å². The Labute approximate surface area is 183 Å². The molecule has 1 atom stereocenters. The van der Waals surface area contributed by atoms with Crippen LogP contribution >= 0.6 is 0 Å². The van der Waals surface area contributed by atoms with Crippen molar-refractivity contribution >= 4 is 12.0 Å². The molecule has 2 aromatic rings. The molecule has 2 heterocycles. The highest BCUT2D eigenvalue weighted by Gasteiger charge is 2.34. The van der Waals surface area contributed by atoms with Gasteiger partial charge in [0.15, 0.2) is 0 Å². The summed E-state index contributed by atoms with van der Waals surface area (Å²) in [6.45, 7) is 6.31. The number of carbonyl (C=O) groups is 2. The smallest absolute Gasteiger partial charge is 0.338 e. The molecule has 0 bridgehead atoms. The number of hydrogen-bond donors (Lipinski definition) is 2. The number of benzene rings is 2. The van der Waals surface area contributed by atoms with Gasteiger partial charge in [-0.2, -0.15) is 0 Å². The summed E-state index contributed by atoms with van der Waals surface area (Å²) in [6, 6.07) is 15.6. The molecule has 6 heteroatoms. The third-order valence-electron chi connectivity index (χ3n) is 5.96. The number of urea groups is 1. The number of fused-ring (bicyclic) bond motifs is 1. The van der Waals surface area contributed by atoms with Gasteiger partial charge in [-0.05, 0) is 42.0 Å². The summed E-state index contributed by atoms with van der Waals surface area (Å²) in [4.78, 5) is 27.8. The Balaban J connectivity index is 1.66. The van der Waals surface area contributed by atoms with E-state index in [9.17, 15) is 9.59 Å². The zero-order chi connectivity index (χ0) is 21.8. The molecular weight excluding hydrogens is 390 g/mol. The molecule has 2 aliphatic rings. The number of ether oxygens (including phenoxy) is 1. The Bertz CT molecular complexity index is 997. The largest absolute Gasteiger partial charge is 0.463 e. The molecule has 0 radical (unpaired) electrons. The van der Waals surface area contributed by atoms with Crippen molar-refractivity contribution in [3.05, 3.63) is 82.1 Å². The Hall–Kier alpha value is -3.12. The minimum Gasteiger partial charge on any atom is -0.463 e. The second kappa shape index (κ2) is 9.35. The van der Waals surface area contributed by atoms with Crippen molar-refractivity contribution in [2.75, 3.05) is 19.7 Å². The normalized spacial score (nSPS) is 18.8. The molecule has 2 aliphatic heterocycles. The first-order valence-electron chi connectivity index (χ1n) is 10.9. The van der Waals surface area contributed by atoms with Gasteiger partial charge in [0.2, 0.25) is 0 Å². The minimum absolute atomic E-state index is 0.280. The molecule has 31 heavy (non-hydrogen) atoms. The summed E-state index contributed by atoms with van der Waals surface area (Å²) in [5, 5.41) is 5.80. The second-order valence-corrected chi connectivity index (χ2v) is 7.97. The van der Waals surface area contributed by atoms with Crippen molar-refractivity contribution < 1.29 is 14.3 Å². The molecule has 2 amide bonds. The monoisotopic (exact) mass is 419 g/mol. The average Bonchev–Trinajstić information content (AvgIpc) is 2.79. The fourth-order valence-electron chi connectivity index (χ4n) is 4.30. The molecule has 0 unspecified atom stereocenters. The van der Waals surface area contributed by atoms with E-state index in [4.69, 9.17) is 4.74 Å². The van der Waals surface area contributed by atoms with Crippen LogP contribution in [0.2, 0.25) is 0 Å². The topological polar surface area (TPSA) is 70.7 Å². The van der Waals surface area contributed by atoms with Crippen LogP contribution in [0.15, 0.2) is 59.8 Å². The first-order chi connectivity index (χ1) is 15.1. The third-order valence-corrected chi connectivity index (χ3v) is 5.96. The number of carbonyl (C=O) groups excluding carboxylic acids is 2. The van der Waals surface area contributed by atoms with Crippen molar-refractivity contribution in [1.29, 1.82) is 0 Å². The number of aryl methyl sites for hydroxylation is 1. The summed E-state index contributed by atoms with van der Waals surface area (Å²) in [5.41, 5.74) is 5.82. The zero-order valence-corrected chi connectivity index (χ0v) is 18.1. The lowest BCUT2D eigenvalue weighted by molar-refractivity contribution is -0.139. The van der Waals surface area contributed by atoms with Crippen LogP contribution < -0.4 is 10.6 Å². The third kappa shape index (κ3) is 4.64. The van der Waals surface area contributed by atoms with Gasteiger partial charge in [-0.25, -0.2) is 9.59 Å². The molecule has 162 valence electrons. The fourth-order valence-corrected chi connectivity index (χ4v) is 4.30. The first-order valence-corrected chi connectivity index (χ1v) is 10.9. The van der Waals surface area contributed by atoms with Crippen molar-refractivity contribution in [2.24, 2.45) is 0 Å². The van der Waals surface area contributed by atoms with Crippen LogP contribution in [0.5, 0.6) is 0 Å².